The number of Topliss-reactive ketones (excluding diaryl/α,β-unsaturated/α-hetero) is 1. The average molecular weight is 236 g/mol. The first-order valence-corrected chi connectivity index (χ1v) is 6.36. The van der Waals surface area contributed by atoms with E-state index in [0.29, 0.717) is 5.78 Å². The molecule has 0 heterocycles. The van der Waals surface area contributed by atoms with E-state index < -0.39 is 0 Å². The van der Waals surface area contributed by atoms with Crippen LogP contribution in [0.3, 0.4) is 0 Å². The van der Waals surface area contributed by atoms with E-state index in [1.165, 1.54) is 11.1 Å². The minimum Gasteiger partial charge on any atom is -0.300 e. The zero-order valence-corrected chi connectivity index (χ0v) is 10.5. The molecule has 0 bridgehead atoms. The van der Waals surface area contributed by atoms with Crippen molar-refractivity contribution < 1.29 is 4.79 Å². The highest BCUT2D eigenvalue weighted by Crippen LogP contribution is 2.59. The van der Waals surface area contributed by atoms with Crippen LogP contribution in [-0.2, 0) is 10.2 Å². The molecule has 1 atom stereocenters. The van der Waals surface area contributed by atoms with Crippen molar-refractivity contribution in [2.45, 2.75) is 18.8 Å². The van der Waals surface area contributed by atoms with Crippen molar-refractivity contribution >= 4 is 5.78 Å². The van der Waals surface area contributed by atoms with Crippen LogP contribution in [0.1, 0.15) is 24.5 Å². The van der Waals surface area contributed by atoms with E-state index in [2.05, 4.69) is 48.5 Å². The lowest BCUT2D eigenvalue weighted by molar-refractivity contribution is -0.118. The van der Waals surface area contributed by atoms with Crippen molar-refractivity contribution in [3.8, 4) is 0 Å². The summed E-state index contributed by atoms with van der Waals surface area (Å²) < 4.78 is 0. The fraction of sp³-hybridized carbons (Fsp3) is 0.235. The van der Waals surface area contributed by atoms with Crippen molar-refractivity contribution in [2.24, 2.45) is 5.92 Å². The van der Waals surface area contributed by atoms with Gasteiger partial charge in [0.25, 0.3) is 0 Å². The Hall–Kier alpha value is -1.89. The summed E-state index contributed by atoms with van der Waals surface area (Å²) in [5.41, 5.74) is 2.45. The molecule has 0 aromatic heterocycles. The summed E-state index contributed by atoms with van der Waals surface area (Å²) >= 11 is 0. The van der Waals surface area contributed by atoms with Crippen LogP contribution in [0.15, 0.2) is 60.7 Å². The van der Waals surface area contributed by atoms with Gasteiger partial charge in [-0.2, -0.15) is 0 Å². The fourth-order valence-corrected chi connectivity index (χ4v) is 3.03. The number of ketones is 1. The molecule has 0 saturated heterocycles. The first-order valence-electron chi connectivity index (χ1n) is 6.36. The van der Waals surface area contributed by atoms with E-state index in [9.17, 15) is 4.79 Å². The van der Waals surface area contributed by atoms with E-state index in [4.69, 9.17) is 0 Å². The topological polar surface area (TPSA) is 17.1 Å². The minimum absolute atomic E-state index is 0.0750. The maximum Gasteiger partial charge on any atom is 0.134 e. The number of hydrogen-bond donors (Lipinski definition) is 0. The second kappa shape index (κ2) is 4.09. The molecule has 2 aromatic carbocycles. The van der Waals surface area contributed by atoms with Gasteiger partial charge >= 0.3 is 0 Å². The molecule has 2 aromatic rings. The van der Waals surface area contributed by atoms with Crippen LogP contribution in [0.5, 0.6) is 0 Å². The van der Waals surface area contributed by atoms with Crippen molar-refractivity contribution in [1.29, 1.82) is 0 Å². The number of benzene rings is 2. The van der Waals surface area contributed by atoms with Crippen LogP contribution in [0.4, 0.5) is 0 Å². The van der Waals surface area contributed by atoms with E-state index in [-0.39, 0.29) is 11.3 Å². The normalized spacial score (nSPS) is 20.4. The number of hydrogen-bond acceptors (Lipinski definition) is 1. The predicted molar refractivity (Wildman–Crippen MR) is 72.5 cm³/mol. The first-order chi connectivity index (χ1) is 8.75. The van der Waals surface area contributed by atoms with Gasteiger partial charge in [0.15, 0.2) is 0 Å². The van der Waals surface area contributed by atoms with E-state index in [1.54, 1.807) is 6.92 Å². The summed E-state index contributed by atoms with van der Waals surface area (Å²) in [6.07, 6.45) is 0.941. The van der Waals surface area contributed by atoms with Crippen molar-refractivity contribution in [1.82, 2.24) is 0 Å². The van der Waals surface area contributed by atoms with Gasteiger partial charge in [-0.15, -0.1) is 0 Å². The molecule has 1 nitrogen and oxygen atoms in total. The molecule has 1 aliphatic carbocycles. The Balaban J connectivity index is 2.11. The third kappa shape index (κ3) is 1.59. The SMILES string of the molecule is CC(=O)[C@H]1CC1(c1ccccc1)c1ccccc1. The molecule has 18 heavy (non-hydrogen) atoms. The molecule has 1 saturated carbocycles. The largest absolute Gasteiger partial charge is 0.300 e. The van der Waals surface area contributed by atoms with Gasteiger partial charge in [-0.25, -0.2) is 0 Å². The quantitative estimate of drug-likeness (QED) is 0.796. The summed E-state index contributed by atoms with van der Waals surface area (Å²) in [5, 5.41) is 0. The molecule has 0 amide bonds. The second-order valence-electron chi connectivity index (χ2n) is 5.07. The molecule has 1 heteroatoms. The van der Waals surface area contributed by atoms with Gasteiger partial charge < -0.3 is 0 Å². The highest BCUT2D eigenvalue weighted by atomic mass is 16.1. The van der Waals surface area contributed by atoms with E-state index >= 15 is 0 Å². The van der Waals surface area contributed by atoms with Crippen LogP contribution >= 0.6 is 0 Å². The Morgan fingerprint density at radius 3 is 1.72 bits per heavy atom. The number of carbonyl (C=O) groups excluding carboxylic acids is 1. The van der Waals surface area contributed by atoms with Gasteiger partial charge in [0.2, 0.25) is 0 Å². The predicted octanol–water partition coefficient (Wildman–Crippen LogP) is 3.58. The van der Waals surface area contributed by atoms with Crippen LogP contribution in [0, 0.1) is 5.92 Å². The highest BCUT2D eigenvalue weighted by molar-refractivity contribution is 5.85. The minimum atomic E-state index is -0.0750. The Labute approximate surface area is 107 Å². The third-order valence-corrected chi connectivity index (χ3v) is 4.03. The van der Waals surface area contributed by atoms with E-state index in [0.717, 1.165) is 6.42 Å². The molecular weight excluding hydrogens is 220 g/mol. The summed E-state index contributed by atoms with van der Waals surface area (Å²) in [4.78, 5) is 11.8. The van der Waals surface area contributed by atoms with Gasteiger partial charge in [0.1, 0.15) is 5.78 Å². The number of carbonyl (C=O) groups is 1. The lowest BCUT2D eigenvalue weighted by Crippen LogP contribution is -2.15. The van der Waals surface area contributed by atoms with Gasteiger partial charge in [-0.3, -0.25) is 4.79 Å². The Morgan fingerprint density at radius 1 is 0.944 bits per heavy atom. The molecule has 0 radical (unpaired) electrons. The fourth-order valence-electron chi connectivity index (χ4n) is 3.03. The average Bonchev–Trinajstić information content (AvgIpc) is 3.18. The standard InChI is InChI=1S/C17H16O/c1-13(18)16-12-17(16,14-8-4-2-5-9-14)15-10-6-3-7-11-15/h2-11,16H,12H2,1H3/t16-/m1/s1. The highest BCUT2D eigenvalue weighted by Gasteiger charge is 2.58. The van der Waals surface area contributed by atoms with Crippen molar-refractivity contribution in [3.05, 3.63) is 71.8 Å². The lowest BCUT2D eigenvalue weighted by atomic mass is 9.85. The molecule has 0 aliphatic heterocycles. The molecule has 90 valence electrons. The van der Waals surface area contributed by atoms with Crippen LogP contribution in [0.25, 0.3) is 0 Å². The second-order valence-corrected chi connectivity index (χ2v) is 5.07. The van der Waals surface area contributed by atoms with Gasteiger partial charge in [-0.05, 0) is 24.5 Å². The number of rotatable bonds is 3. The summed E-state index contributed by atoms with van der Waals surface area (Å²) in [5.74, 6) is 0.435. The Kier molecular flexibility index (Phi) is 2.55. The Bertz CT molecular complexity index is 517. The summed E-state index contributed by atoms with van der Waals surface area (Å²) in [6.45, 7) is 1.71. The van der Waals surface area contributed by atoms with E-state index in [1.807, 2.05) is 12.1 Å². The van der Waals surface area contributed by atoms with Crippen molar-refractivity contribution in [2.75, 3.05) is 0 Å². The van der Waals surface area contributed by atoms with Crippen molar-refractivity contribution in [3.63, 3.8) is 0 Å². The summed E-state index contributed by atoms with van der Waals surface area (Å²) in [7, 11) is 0. The molecule has 3 rings (SSSR count). The molecule has 0 spiro atoms. The van der Waals surface area contributed by atoms with Crippen LogP contribution < -0.4 is 0 Å². The monoisotopic (exact) mass is 236 g/mol. The van der Waals surface area contributed by atoms with Gasteiger partial charge in [0, 0.05) is 11.3 Å². The molecule has 1 fully saturated rings. The third-order valence-electron chi connectivity index (χ3n) is 4.03. The molecular formula is C17H16O. The zero-order valence-electron chi connectivity index (χ0n) is 10.5. The van der Waals surface area contributed by atoms with Gasteiger partial charge in [0.05, 0.1) is 0 Å². The molecule has 0 N–H and O–H groups in total. The zero-order chi connectivity index (χ0) is 12.6. The van der Waals surface area contributed by atoms with Crippen LogP contribution in [0.2, 0.25) is 0 Å². The molecule has 1 aliphatic rings. The lowest BCUT2D eigenvalue weighted by Gasteiger charge is -2.18. The Morgan fingerprint density at radius 2 is 1.39 bits per heavy atom. The molecule has 0 unspecified atom stereocenters. The maximum atomic E-state index is 11.8. The smallest absolute Gasteiger partial charge is 0.134 e. The van der Waals surface area contributed by atoms with Gasteiger partial charge in [-0.1, -0.05) is 60.7 Å². The summed E-state index contributed by atoms with van der Waals surface area (Å²) in [6, 6.07) is 20.8. The first kappa shape index (κ1) is 11.2. The van der Waals surface area contributed by atoms with Crippen LogP contribution in [-0.4, -0.2) is 5.78 Å². The maximum absolute atomic E-state index is 11.8.